The zero-order chi connectivity index (χ0) is 27.4. The lowest BCUT2D eigenvalue weighted by Gasteiger charge is -2.24. The molecule has 0 radical (unpaired) electrons. The monoisotopic (exact) mass is 550 g/mol. The van der Waals surface area contributed by atoms with Crippen LogP contribution in [0.25, 0.3) is 0 Å². The van der Waals surface area contributed by atoms with Crippen LogP contribution in [0, 0.1) is 17.6 Å². The van der Waals surface area contributed by atoms with Crippen molar-refractivity contribution in [2.75, 3.05) is 45.2 Å². The minimum atomic E-state index is -3.78. The summed E-state index contributed by atoms with van der Waals surface area (Å²) >= 11 is 0. The summed E-state index contributed by atoms with van der Waals surface area (Å²) in [5, 5.41) is 1.96. The van der Waals surface area contributed by atoms with Crippen LogP contribution in [0.3, 0.4) is 0 Å². The standard InChI is InChI=1S/C25H32F2N6O4S/c1-16(21-11-19(4-5-22(21)27)31-24(34)23-6-3-18(26)12-29-23)30-25(28)32(2)38(35,36)20-7-9-33(14-20)13-17-8-10-37-15-17/h3-6,11-12,16-17,20H,7-10,13-15H2,1-2H3,(H2,28,30)(H,31,34)/t16-,17?,20+/m1/s1. The summed E-state index contributed by atoms with van der Waals surface area (Å²) in [6.45, 7) is 4.91. The molecule has 0 spiro atoms. The molecule has 38 heavy (non-hydrogen) atoms. The number of hydrogen-bond donors (Lipinski definition) is 2. The van der Waals surface area contributed by atoms with Gasteiger partial charge in [-0.3, -0.25) is 4.79 Å². The minimum Gasteiger partial charge on any atom is -0.381 e. The molecule has 2 aromatic rings. The zero-order valence-corrected chi connectivity index (χ0v) is 22.1. The molecule has 4 rings (SSSR count). The summed E-state index contributed by atoms with van der Waals surface area (Å²) in [5.74, 6) is -1.62. The fourth-order valence-corrected chi connectivity index (χ4v) is 6.21. The number of carbonyl (C=O) groups excluding carboxylic acids is 1. The number of ether oxygens (including phenoxy) is 1. The van der Waals surface area contributed by atoms with Gasteiger partial charge in [0.2, 0.25) is 16.0 Å². The third kappa shape index (κ3) is 6.45. The van der Waals surface area contributed by atoms with Crippen LogP contribution in [0.1, 0.15) is 41.9 Å². The minimum absolute atomic E-state index is 0.0125. The molecule has 0 bridgehead atoms. The van der Waals surface area contributed by atoms with Crippen molar-refractivity contribution in [2.24, 2.45) is 16.6 Å². The third-order valence-electron chi connectivity index (χ3n) is 6.89. The molecule has 1 aromatic heterocycles. The lowest BCUT2D eigenvalue weighted by atomic mass is 10.1. The number of aliphatic imine (C=N–C) groups is 1. The van der Waals surface area contributed by atoms with E-state index in [1.165, 1.54) is 25.2 Å². The van der Waals surface area contributed by atoms with Crippen molar-refractivity contribution >= 4 is 27.6 Å². The van der Waals surface area contributed by atoms with Crippen LogP contribution in [0.5, 0.6) is 0 Å². The highest BCUT2D eigenvalue weighted by atomic mass is 32.2. The predicted molar refractivity (Wildman–Crippen MR) is 139 cm³/mol. The van der Waals surface area contributed by atoms with Crippen molar-refractivity contribution in [3.05, 3.63) is 59.4 Å². The van der Waals surface area contributed by atoms with E-state index in [1.807, 2.05) is 0 Å². The molecule has 206 valence electrons. The summed E-state index contributed by atoms with van der Waals surface area (Å²) in [6, 6.07) is 5.39. The molecule has 0 aliphatic carbocycles. The summed E-state index contributed by atoms with van der Waals surface area (Å²) in [7, 11) is -2.44. The van der Waals surface area contributed by atoms with Crippen molar-refractivity contribution in [3.8, 4) is 0 Å². The molecule has 1 aromatic carbocycles. The van der Waals surface area contributed by atoms with Crippen LogP contribution in [-0.4, -0.2) is 79.6 Å². The van der Waals surface area contributed by atoms with Gasteiger partial charge in [-0.05, 0) is 62.6 Å². The molecule has 1 amide bonds. The highest BCUT2D eigenvalue weighted by Gasteiger charge is 2.37. The molecule has 2 saturated heterocycles. The molecule has 0 saturated carbocycles. The number of hydrogen-bond acceptors (Lipinski definition) is 7. The zero-order valence-electron chi connectivity index (χ0n) is 21.3. The molecule has 3 N–H and O–H groups in total. The molecule has 2 aliphatic rings. The number of pyridine rings is 1. The van der Waals surface area contributed by atoms with Gasteiger partial charge in [0, 0.05) is 38.0 Å². The number of nitrogens with one attached hydrogen (secondary N) is 1. The molecular formula is C25H32F2N6O4S. The Morgan fingerprint density at radius 2 is 2.11 bits per heavy atom. The summed E-state index contributed by atoms with van der Waals surface area (Å²) < 4.78 is 60.6. The molecular weight excluding hydrogens is 518 g/mol. The van der Waals surface area contributed by atoms with Crippen LogP contribution in [0.2, 0.25) is 0 Å². The number of rotatable bonds is 8. The number of guanidine groups is 1. The van der Waals surface area contributed by atoms with E-state index >= 15 is 0 Å². The Morgan fingerprint density at radius 1 is 1.32 bits per heavy atom. The quantitative estimate of drug-likeness (QED) is 0.381. The second-order valence-corrected chi connectivity index (χ2v) is 11.9. The van der Waals surface area contributed by atoms with Crippen LogP contribution < -0.4 is 11.1 Å². The predicted octanol–water partition coefficient (Wildman–Crippen LogP) is 2.36. The van der Waals surface area contributed by atoms with E-state index < -0.39 is 38.9 Å². The van der Waals surface area contributed by atoms with Gasteiger partial charge in [0.05, 0.1) is 24.1 Å². The van der Waals surface area contributed by atoms with E-state index in [9.17, 15) is 22.0 Å². The lowest BCUT2D eigenvalue weighted by Crippen LogP contribution is -2.45. The van der Waals surface area contributed by atoms with E-state index in [0.717, 1.165) is 42.2 Å². The van der Waals surface area contributed by atoms with Gasteiger partial charge >= 0.3 is 0 Å². The van der Waals surface area contributed by atoms with Gasteiger partial charge in [-0.25, -0.2) is 31.5 Å². The first-order valence-electron chi connectivity index (χ1n) is 12.4. The number of nitrogens with zero attached hydrogens (tertiary/aromatic N) is 4. The van der Waals surface area contributed by atoms with E-state index in [-0.39, 0.29) is 22.9 Å². The molecule has 10 nitrogen and oxygen atoms in total. The first-order valence-corrected chi connectivity index (χ1v) is 13.9. The normalized spacial score (nSPS) is 21.4. The molecule has 2 aliphatic heterocycles. The number of amides is 1. The highest BCUT2D eigenvalue weighted by molar-refractivity contribution is 7.90. The Morgan fingerprint density at radius 3 is 2.79 bits per heavy atom. The Hall–Kier alpha value is -3.16. The first kappa shape index (κ1) is 27.9. The Kier molecular flexibility index (Phi) is 8.58. The average molecular weight is 551 g/mol. The van der Waals surface area contributed by atoms with Crippen molar-refractivity contribution in [1.29, 1.82) is 0 Å². The number of halogens is 2. The van der Waals surface area contributed by atoms with E-state index in [4.69, 9.17) is 10.5 Å². The second kappa shape index (κ2) is 11.7. The highest BCUT2D eigenvalue weighted by Crippen LogP contribution is 2.26. The summed E-state index contributed by atoms with van der Waals surface area (Å²) in [5.41, 5.74) is 6.42. The second-order valence-electron chi connectivity index (χ2n) is 9.63. The van der Waals surface area contributed by atoms with Crippen molar-refractivity contribution < 1.29 is 26.7 Å². The van der Waals surface area contributed by atoms with E-state index in [2.05, 4.69) is 20.2 Å². The molecule has 3 heterocycles. The fourth-order valence-electron chi connectivity index (χ4n) is 4.65. The maximum Gasteiger partial charge on any atom is 0.274 e. The van der Waals surface area contributed by atoms with Crippen molar-refractivity contribution in [2.45, 2.75) is 31.1 Å². The molecule has 1 unspecified atom stereocenters. The fraction of sp³-hybridized carbons (Fsp3) is 0.480. The van der Waals surface area contributed by atoms with Gasteiger partial charge in [0.1, 0.15) is 17.3 Å². The SMILES string of the molecule is C[C@@H](N=C(N)N(C)S(=O)(=O)[C@H]1CCN(CC2CCOC2)C1)c1cc(NC(=O)c2ccc(F)cn2)ccc1F. The lowest BCUT2D eigenvalue weighted by molar-refractivity contribution is 0.102. The van der Waals surface area contributed by atoms with Crippen molar-refractivity contribution in [3.63, 3.8) is 0 Å². The van der Waals surface area contributed by atoms with Crippen LogP contribution in [-0.2, 0) is 14.8 Å². The molecule has 3 atom stereocenters. The van der Waals surface area contributed by atoms with Crippen LogP contribution in [0.15, 0.2) is 41.5 Å². The van der Waals surface area contributed by atoms with Crippen LogP contribution in [0.4, 0.5) is 14.5 Å². The van der Waals surface area contributed by atoms with Gasteiger partial charge in [0.15, 0.2) is 0 Å². The largest absolute Gasteiger partial charge is 0.381 e. The third-order valence-corrected chi connectivity index (χ3v) is 9.06. The Bertz CT molecular complexity index is 1290. The molecule has 13 heteroatoms. The summed E-state index contributed by atoms with van der Waals surface area (Å²) in [6.07, 6.45) is 2.39. The number of aromatic nitrogens is 1. The van der Waals surface area contributed by atoms with Gasteiger partial charge in [-0.2, -0.15) is 0 Å². The van der Waals surface area contributed by atoms with E-state index in [0.29, 0.717) is 32.0 Å². The maximum atomic E-state index is 14.6. The van der Waals surface area contributed by atoms with Gasteiger partial charge in [0.25, 0.3) is 5.91 Å². The number of carbonyl (C=O) groups is 1. The number of likely N-dealkylation sites (tertiary alicyclic amines) is 1. The smallest absolute Gasteiger partial charge is 0.274 e. The maximum absolute atomic E-state index is 14.6. The number of anilines is 1. The van der Waals surface area contributed by atoms with E-state index in [1.54, 1.807) is 6.92 Å². The Balaban J connectivity index is 1.42. The Labute approximate surface area is 220 Å². The van der Waals surface area contributed by atoms with Crippen molar-refractivity contribution in [1.82, 2.24) is 14.2 Å². The van der Waals surface area contributed by atoms with Gasteiger partial charge < -0.3 is 20.7 Å². The summed E-state index contributed by atoms with van der Waals surface area (Å²) in [4.78, 5) is 22.5. The number of nitrogens with two attached hydrogens (primary N) is 1. The van der Waals surface area contributed by atoms with Gasteiger partial charge in [-0.1, -0.05) is 0 Å². The van der Waals surface area contributed by atoms with Crippen LogP contribution >= 0.6 is 0 Å². The number of sulfonamides is 1. The van der Waals surface area contributed by atoms with Gasteiger partial charge in [-0.15, -0.1) is 0 Å². The first-order chi connectivity index (χ1) is 18.0. The number of benzene rings is 1. The molecule has 2 fully saturated rings. The topological polar surface area (TPSA) is 130 Å². The average Bonchev–Trinajstić information content (AvgIpc) is 3.58.